The number of aromatic nitrogens is 1. The molecule has 1 aliphatic rings. The Morgan fingerprint density at radius 2 is 1.94 bits per heavy atom. The molecule has 2 aromatic rings. The van der Waals surface area contributed by atoms with Crippen LogP contribution in [0.5, 0.6) is 0 Å². The second kappa shape index (κ2) is 14.4. The van der Waals surface area contributed by atoms with Gasteiger partial charge in [0.2, 0.25) is 5.89 Å². The number of hydrogen-bond donors (Lipinski definition) is 2. The minimum absolute atomic E-state index is 0. The van der Waals surface area contributed by atoms with Crippen molar-refractivity contribution in [3.63, 3.8) is 0 Å². The van der Waals surface area contributed by atoms with Crippen LogP contribution in [0.15, 0.2) is 39.9 Å². The van der Waals surface area contributed by atoms with E-state index in [4.69, 9.17) is 13.9 Å². The second-order valence-corrected chi connectivity index (χ2v) is 7.31. The van der Waals surface area contributed by atoms with Crippen LogP contribution in [0.2, 0.25) is 0 Å². The Morgan fingerprint density at radius 1 is 1.19 bits per heavy atom. The molecule has 0 atom stereocenters. The number of hydrogen-bond acceptors (Lipinski definition) is 5. The van der Waals surface area contributed by atoms with E-state index in [0.29, 0.717) is 24.8 Å². The third kappa shape index (κ3) is 9.12. The number of halogens is 2. The largest absolute Gasteiger partial charge is 0.444 e. The molecule has 1 aromatic carbocycles. The molecule has 1 fully saturated rings. The number of benzene rings is 1. The first kappa shape index (κ1) is 25.5. The molecule has 0 aliphatic carbocycles. The maximum Gasteiger partial charge on any atom is 0.226 e. The highest BCUT2D eigenvalue weighted by Gasteiger charge is 2.13. The summed E-state index contributed by atoms with van der Waals surface area (Å²) in [5.41, 5.74) is 1.59. The molecule has 1 aromatic heterocycles. The van der Waals surface area contributed by atoms with E-state index < -0.39 is 0 Å². The number of rotatable bonds is 10. The van der Waals surface area contributed by atoms with Crippen molar-refractivity contribution in [1.29, 1.82) is 0 Å². The molecule has 31 heavy (non-hydrogen) atoms. The van der Waals surface area contributed by atoms with Gasteiger partial charge in [-0.25, -0.2) is 9.37 Å². The molecule has 0 amide bonds. The van der Waals surface area contributed by atoms with Gasteiger partial charge in [0.25, 0.3) is 0 Å². The minimum Gasteiger partial charge on any atom is -0.444 e. The average Bonchev–Trinajstić information content (AvgIpc) is 3.25. The average molecular weight is 546 g/mol. The fourth-order valence-corrected chi connectivity index (χ4v) is 3.22. The van der Waals surface area contributed by atoms with Crippen LogP contribution in [0.25, 0.3) is 11.5 Å². The van der Waals surface area contributed by atoms with Crippen molar-refractivity contribution >= 4 is 29.9 Å². The van der Waals surface area contributed by atoms with E-state index in [9.17, 15) is 4.39 Å². The number of aliphatic imine (C=N–C) groups is 1. The Morgan fingerprint density at radius 3 is 2.68 bits per heavy atom. The standard InChI is InChI=1S/C22H31FN4O3.HI/c1-24-22(25-10-2-12-29-15-17-8-13-28-14-9-17)26-11-7-20-16-30-21(27-20)18-3-5-19(23)6-4-18;/h3-6,16-17H,2,7-15H2,1H3,(H2,24,25,26);1H. The van der Waals surface area contributed by atoms with Gasteiger partial charge in [0.05, 0.1) is 5.69 Å². The number of oxazole rings is 1. The van der Waals surface area contributed by atoms with Crippen LogP contribution in [0, 0.1) is 11.7 Å². The van der Waals surface area contributed by atoms with Gasteiger partial charge in [-0.05, 0) is 49.4 Å². The molecular formula is C22H32FIN4O3. The fourth-order valence-electron chi connectivity index (χ4n) is 3.22. The van der Waals surface area contributed by atoms with Crippen molar-refractivity contribution in [3.8, 4) is 11.5 Å². The highest BCUT2D eigenvalue weighted by Crippen LogP contribution is 2.19. The quantitative estimate of drug-likeness (QED) is 0.205. The van der Waals surface area contributed by atoms with Crippen molar-refractivity contribution in [3.05, 3.63) is 42.0 Å². The van der Waals surface area contributed by atoms with Crippen LogP contribution in [0.1, 0.15) is 25.0 Å². The van der Waals surface area contributed by atoms with Crippen LogP contribution in [0.3, 0.4) is 0 Å². The van der Waals surface area contributed by atoms with Gasteiger partial charge in [0.15, 0.2) is 5.96 Å². The van der Waals surface area contributed by atoms with Gasteiger partial charge in [0, 0.05) is 58.5 Å². The first-order valence-corrected chi connectivity index (χ1v) is 10.5. The topological polar surface area (TPSA) is 80.9 Å². The molecule has 9 heteroatoms. The summed E-state index contributed by atoms with van der Waals surface area (Å²) in [5, 5.41) is 6.56. The smallest absolute Gasteiger partial charge is 0.226 e. The number of ether oxygens (including phenoxy) is 2. The minimum atomic E-state index is -0.278. The van der Waals surface area contributed by atoms with Crippen LogP contribution < -0.4 is 10.6 Å². The SMILES string of the molecule is CN=C(NCCCOCC1CCOCC1)NCCc1coc(-c2ccc(F)cc2)n1.I. The van der Waals surface area contributed by atoms with Crippen LogP contribution in [-0.2, 0) is 15.9 Å². The van der Waals surface area contributed by atoms with Crippen LogP contribution in [-0.4, -0.2) is 57.5 Å². The summed E-state index contributed by atoms with van der Waals surface area (Å²) >= 11 is 0. The van der Waals surface area contributed by atoms with E-state index >= 15 is 0 Å². The third-order valence-corrected chi connectivity index (χ3v) is 4.99. The summed E-state index contributed by atoms with van der Waals surface area (Å²) in [6, 6.07) is 6.10. The highest BCUT2D eigenvalue weighted by atomic mass is 127. The summed E-state index contributed by atoms with van der Waals surface area (Å²) in [6.45, 7) is 4.76. The maximum atomic E-state index is 13.0. The molecule has 172 valence electrons. The molecule has 2 N–H and O–H groups in total. The molecule has 7 nitrogen and oxygen atoms in total. The van der Waals surface area contributed by atoms with Gasteiger partial charge in [0.1, 0.15) is 12.1 Å². The van der Waals surface area contributed by atoms with Crippen molar-refractivity contribution in [1.82, 2.24) is 15.6 Å². The van der Waals surface area contributed by atoms with Gasteiger partial charge < -0.3 is 24.5 Å². The zero-order valence-corrected chi connectivity index (χ0v) is 20.3. The van der Waals surface area contributed by atoms with Gasteiger partial charge in [-0.3, -0.25) is 4.99 Å². The third-order valence-electron chi connectivity index (χ3n) is 4.99. The molecule has 0 unspecified atom stereocenters. The normalized spacial score (nSPS) is 14.8. The van der Waals surface area contributed by atoms with Crippen molar-refractivity contribution < 1.29 is 18.3 Å². The summed E-state index contributed by atoms with van der Waals surface area (Å²) in [6.07, 6.45) is 5.46. The molecule has 1 aliphatic heterocycles. The lowest BCUT2D eigenvalue weighted by molar-refractivity contribution is 0.0203. The lowest BCUT2D eigenvalue weighted by atomic mass is 10.0. The first-order valence-electron chi connectivity index (χ1n) is 10.5. The zero-order valence-electron chi connectivity index (χ0n) is 17.9. The number of nitrogens with zero attached hydrogens (tertiary/aromatic N) is 2. The molecular weight excluding hydrogens is 514 g/mol. The van der Waals surface area contributed by atoms with Crippen LogP contribution in [0.4, 0.5) is 4.39 Å². The lowest BCUT2D eigenvalue weighted by Crippen LogP contribution is -2.39. The van der Waals surface area contributed by atoms with Crippen molar-refractivity contribution in [2.24, 2.45) is 10.9 Å². The molecule has 3 rings (SSSR count). The van der Waals surface area contributed by atoms with Crippen LogP contribution >= 0.6 is 24.0 Å². The predicted octanol–water partition coefficient (Wildman–Crippen LogP) is 3.64. The second-order valence-electron chi connectivity index (χ2n) is 7.31. The van der Waals surface area contributed by atoms with E-state index in [1.54, 1.807) is 25.4 Å². The van der Waals surface area contributed by atoms with E-state index in [1.807, 2.05) is 0 Å². The summed E-state index contributed by atoms with van der Waals surface area (Å²) in [7, 11) is 1.75. The van der Waals surface area contributed by atoms with E-state index in [0.717, 1.165) is 69.5 Å². The molecule has 2 heterocycles. The predicted molar refractivity (Wildman–Crippen MR) is 129 cm³/mol. The van der Waals surface area contributed by atoms with E-state index in [2.05, 4.69) is 20.6 Å². The monoisotopic (exact) mass is 546 g/mol. The first-order chi connectivity index (χ1) is 14.7. The summed E-state index contributed by atoms with van der Waals surface area (Å²) < 4.78 is 29.7. The Labute approximate surface area is 200 Å². The van der Waals surface area contributed by atoms with Gasteiger partial charge in [-0.1, -0.05) is 0 Å². The van der Waals surface area contributed by atoms with E-state index in [-0.39, 0.29) is 29.8 Å². The van der Waals surface area contributed by atoms with Gasteiger partial charge in [-0.15, -0.1) is 24.0 Å². The number of nitrogens with one attached hydrogen (secondary N) is 2. The Hall–Kier alpha value is -1.72. The Bertz CT molecular complexity index is 779. The number of guanidine groups is 1. The van der Waals surface area contributed by atoms with Gasteiger partial charge >= 0.3 is 0 Å². The molecule has 1 saturated heterocycles. The Balaban J connectivity index is 0.00000341. The molecule has 0 bridgehead atoms. The molecule has 0 radical (unpaired) electrons. The molecule has 0 spiro atoms. The van der Waals surface area contributed by atoms with Crippen molar-refractivity contribution in [2.45, 2.75) is 25.7 Å². The highest BCUT2D eigenvalue weighted by molar-refractivity contribution is 14.0. The molecule has 0 saturated carbocycles. The van der Waals surface area contributed by atoms with E-state index in [1.165, 1.54) is 12.1 Å². The maximum absolute atomic E-state index is 13.0. The Kier molecular flexibility index (Phi) is 11.8. The van der Waals surface area contributed by atoms with Crippen molar-refractivity contribution in [2.75, 3.05) is 46.6 Å². The lowest BCUT2D eigenvalue weighted by Gasteiger charge is -2.21. The summed E-state index contributed by atoms with van der Waals surface area (Å²) in [5.74, 6) is 1.61. The van der Waals surface area contributed by atoms with Gasteiger partial charge in [-0.2, -0.15) is 0 Å². The zero-order chi connectivity index (χ0) is 21.0. The summed E-state index contributed by atoms with van der Waals surface area (Å²) in [4.78, 5) is 8.69. The fraction of sp³-hybridized carbons (Fsp3) is 0.545.